The van der Waals surface area contributed by atoms with Crippen molar-refractivity contribution >= 4 is 0 Å². The first-order valence-electron chi connectivity index (χ1n) is 6.26. The van der Waals surface area contributed by atoms with Crippen molar-refractivity contribution < 1.29 is 9.84 Å². The second kappa shape index (κ2) is 8.09. The van der Waals surface area contributed by atoms with Crippen LogP contribution in [-0.2, 0) is 0 Å². The van der Waals surface area contributed by atoms with E-state index in [9.17, 15) is 0 Å². The van der Waals surface area contributed by atoms with Crippen molar-refractivity contribution in [3.05, 3.63) is 29.8 Å². The van der Waals surface area contributed by atoms with E-state index in [1.807, 2.05) is 12.1 Å². The fourth-order valence-corrected chi connectivity index (χ4v) is 1.50. The van der Waals surface area contributed by atoms with E-state index in [1.54, 1.807) is 0 Å². The lowest BCUT2D eigenvalue weighted by molar-refractivity contribution is 0.264. The molecule has 0 saturated heterocycles. The molecule has 96 valence electrons. The average Bonchev–Trinajstić information content (AvgIpc) is 2.34. The van der Waals surface area contributed by atoms with Crippen molar-refractivity contribution in [2.45, 2.75) is 32.7 Å². The molecule has 0 aliphatic rings. The Kier molecular flexibility index (Phi) is 6.67. The van der Waals surface area contributed by atoms with Gasteiger partial charge in [-0.05, 0) is 45.4 Å². The first kappa shape index (κ1) is 14.0. The molecule has 0 bridgehead atoms. The minimum absolute atomic E-state index is 0.274. The highest BCUT2D eigenvalue weighted by molar-refractivity contribution is 5.26. The quantitative estimate of drug-likeness (QED) is 0.681. The summed E-state index contributed by atoms with van der Waals surface area (Å²) in [7, 11) is 0. The van der Waals surface area contributed by atoms with Crippen LogP contribution in [0, 0.1) is 6.92 Å². The number of aliphatic hydroxyl groups is 1. The molecule has 0 aliphatic carbocycles. The summed E-state index contributed by atoms with van der Waals surface area (Å²) in [6.45, 7) is 6.04. The predicted molar refractivity (Wildman–Crippen MR) is 70.5 cm³/mol. The molecule has 1 aromatic carbocycles. The van der Waals surface area contributed by atoms with Crippen molar-refractivity contribution in [1.29, 1.82) is 0 Å². The Balaban J connectivity index is 2.14. The number of aliphatic hydroxyl groups excluding tert-OH is 1. The fraction of sp³-hybridized carbons (Fsp3) is 0.571. The average molecular weight is 237 g/mol. The fourth-order valence-electron chi connectivity index (χ4n) is 1.50. The van der Waals surface area contributed by atoms with Crippen LogP contribution in [0.4, 0.5) is 0 Å². The van der Waals surface area contributed by atoms with Gasteiger partial charge in [0.25, 0.3) is 0 Å². The molecule has 2 N–H and O–H groups in total. The van der Waals surface area contributed by atoms with E-state index in [0.29, 0.717) is 12.6 Å². The van der Waals surface area contributed by atoms with E-state index < -0.39 is 0 Å². The number of hydrogen-bond donors (Lipinski definition) is 2. The molecule has 3 heteroatoms. The zero-order valence-electron chi connectivity index (χ0n) is 10.8. The van der Waals surface area contributed by atoms with Crippen molar-refractivity contribution in [3.8, 4) is 5.75 Å². The molecule has 0 spiro atoms. The summed E-state index contributed by atoms with van der Waals surface area (Å²) in [5, 5.41) is 12.0. The maximum atomic E-state index is 8.65. The highest BCUT2D eigenvalue weighted by Crippen LogP contribution is 2.11. The summed E-state index contributed by atoms with van der Waals surface area (Å²) < 4.78 is 5.67. The first-order valence-corrected chi connectivity index (χ1v) is 6.26. The van der Waals surface area contributed by atoms with E-state index in [1.165, 1.54) is 5.56 Å². The summed E-state index contributed by atoms with van der Waals surface area (Å²) in [4.78, 5) is 0. The van der Waals surface area contributed by atoms with Gasteiger partial charge in [-0.2, -0.15) is 0 Å². The molecule has 0 saturated carbocycles. The monoisotopic (exact) mass is 237 g/mol. The van der Waals surface area contributed by atoms with Crippen LogP contribution >= 0.6 is 0 Å². The van der Waals surface area contributed by atoms with E-state index in [0.717, 1.165) is 25.1 Å². The van der Waals surface area contributed by atoms with Crippen molar-refractivity contribution in [3.63, 3.8) is 0 Å². The molecule has 3 nitrogen and oxygen atoms in total. The van der Waals surface area contributed by atoms with Crippen molar-refractivity contribution in [1.82, 2.24) is 5.32 Å². The number of nitrogens with one attached hydrogen (secondary N) is 1. The Morgan fingerprint density at radius 2 is 1.94 bits per heavy atom. The van der Waals surface area contributed by atoms with Gasteiger partial charge >= 0.3 is 0 Å². The van der Waals surface area contributed by atoms with Gasteiger partial charge in [-0.1, -0.05) is 17.7 Å². The number of hydrogen-bond acceptors (Lipinski definition) is 3. The number of rotatable bonds is 8. The van der Waals surface area contributed by atoms with Gasteiger partial charge in [0, 0.05) is 12.6 Å². The summed E-state index contributed by atoms with van der Waals surface area (Å²) in [6.07, 6.45) is 1.86. The molecule has 0 amide bonds. The van der Waals surface area contributed by atoms with Gasteiger partial charge < -0.3 is 15.2 Å². The second-order valence-electron chi connectivity index (χ2n) is 4.41. The zero-order valence-corrected chi connectivity index (χ0v) is 10.8. The molecule has 1 atom stereocenters. The van der Waals surface area contributed by atoms with Crippen LogP contribution in [0.3, 0.4) is 0 Å². The second-order valence-corrected chi connectivity index (χ2v) is 4.41. The van der Waals surface area contributed by atoms with E-state index in [2.05, 4.69) is 31.3 Å². The highest BCUT2D eigenvalue weighted by atomic mass is 16.5. The molecule has 1 aromatic rings. The lowest BCUT2D eigenvalue weighted by Gasteiger charge is -2.14. The number of aryl methyl sites for hydroxylation is 1. The molecule has 0 aliphatic heterocycles. The van der Waals surface area contributed by atoms with Gasteiger partial charge in [0.1, 0.15) is 12.4 Å². The number of benzene rings is 1. The molecular weight excluding hydrogens is 214 g/mol. The highest BCUT2D eigenvalue weighted by Gasteiger charge is 2.01. The van der Waals surface area contributed by atoms with Crippen LogP contribution in [0.2, 0.25) is 0 Å². The third kappa shape index (κ3) is 6.29. The predicted octanol–water partition coefficient (Wildman–Crippen LogP) is 2.12. The largest absolute Gasteiger partial charge is 0.492 e. The number of ether oxygens (including phenoxy) is 1. The van der Waals surface area contributed by atoms with Crippen molar-refractivity contribution in [2.75, 3.05) is 19.8 Å². The molecule has 0 aromatic heterocycles. The lowest BCUT2D eigenvalue weighted by Crippen LogP contribution is -2.32. The van der Waals surface area contributed by atoms with Crippen LogP contribution < -0.4 is 10.1 Å². The standard InChI is InChI=1S/C14H23NO2/c1-12-5-7-14(8-6-12)17-11-13(2)15-9-3-4-10-16/h5-8,13,15-16H,3-4,9-11H2,1-2H3. The molecule has 17 heavy (non-hydrogen) atoms. The molecule has 0 fully saturated rings. The van der Waals surface area contributed by atoms with Gasteiger partial charge in [-0.25, -0.2) is 0 Å². The molecule has 0 radical (unpaired) electrons. The Morgan fingerprint density at radius 3 is 2.59 bits per heavy atom. The van der Waals surface area contributed by atoms with Gasteiger partial charge in [0.05, 0.1) is 0 Å². The minimum atomic E-state index is 0.274. The smallest absolute Gasteiger partial charge is 0.119 e. The topological polar surface area (TPSA) is 41.5 Å². The molecular formula is C14H23NO2. The van der Waals surface area contributed by atoms with E-state index in [-0.39, 0.29) is 6.61 Å². The maximum Gasteiger partial charge on any atom is 0.119 e. The molecule has 0 heterocycles. The van der Waals surface area contributed by atoms with Gasteiger partial charge in [0.15, 0.2) is 0 Å². The summed E-state index contributed by atoms with van der Waals surface area (Å²) in [6, 6.07) is 8.42. The van der Waals surface area contributed by atoms with Gasteiger partial charge in [0.2, 0.25) is 0 Å². The first-order chi connectivity index (χ1) is 8.22. The molecule has 1 rings (SSSR count). The van der Waals surface area contributed by atoms with E-state index >= 15 is 0 Å². The van der Waals surface area contributed by atoms with Crippen LogP contribution in [0.25, 0.3) is 0 Å². The molecule has 1 unspecified atom stereocenters. The zero-order chi connectivity index (χ0) is 12.5. The van der Waals surface area contributed by atoms with Crippen LogP contribution in [0.1, 0.15) is 25.3 Å². The third-order valence-electron chi connectivity index (χ3n) is 2.60. The van der Waals surface area contributed by atoms with Crippen molar-refractivity contribution in [2.24, 2.45) is 0 Å². The number of unbranched alkanes of at least 4 members (excludes halogenated alkanes) is 1. The Bertz CT molecular complexity index is 298. The SMILES string of the molecule is Cc1ccc(OCC(C)NCCCCO)cc1. The summed E-state index contributed by atoms with van der Waals surface area (Å²) in [5.41, 5.74) is 1.24. The summed E-state index contributed by atoms with van der Waals surface area (Å²) >= 11 is 0. The minimum Gasteiger partial charge on any atom is -0.492 e. The third-order valence-corrected chi connectivity index (χ3v) is 2.60. The Hall–Kier alpha value is -1.06. The lowest BCUT2D eigenvalue weighted by atomic mass is 10.2. The van der Waals surface area contributed by atoms with Crippen LogP contribution in [-0.4, -0.2) is 30.9 Å². The summed E-state index contributed by atoms with van der Waals surface area (Å²) in [5.74, 6) is 0.916. The Morgan fingerprint density at radius 1 is 1.24 bits per heavy atom. The normalized spacial score (nSPS) is 12.4. The van der Waals surface area contributed by atoms with Crippen LogP contribution in [0.15, 0.2) is 24.3 Å². The van der Waals surface area contributed by atoms with Gasteiger partial charge in [-0.3, -0.25) is 0 Å². The van der Waals surface area contributed by atoms with Gasteiger partial charge in [-0.15, -0.1) is 0 Å². The van der Waals surface area contributed by atoms with Crippen LogP contribution in [0.5, 0.6) is 5.75 Å². The van der Waals surface area contributed by atoms with E-state index in [4.69, 9.17) is 9.84 Å². The Labute approximate surface area is 104 Å². The maximum absolute atomic E-state index is 8.65.